The number of methoxy groups -OCH3 is 2. The van der Waals surface area contributed by atoms with Crippen LogP contribution in [0.2, 0.25) is 0 Å². The zero-order chi connectivity index (χ0) is 78.3. The highest BCUT2D eigenvalue weighted by atomic mass is 16.6. The third kappa shape index (κ3) is 34.8. The largest absolute Gasteiger partial charge is 0.497 e. The molecule has 110 heavy (non-hydrogen) atoms. The van der Waals surface area contributed by atoms with Crippen molar-refractivity contribution in [2.45, 2.75) is 366 Å². The topological polar surface area (TPSA) is 192 Å². The number of carbonyl (C=O) groups is 2. The fourth-order valence-corrected chi connectivity index (χ4v) is 15.2. The molecule has 0 amide bonds. The van der Waals surface area contributed by atoms with E-state index in [0.29, 0.717) is 59.7 Å². The fraction of sp³-hybridized carbons (Fsp3) is 0.681. The van der Waals surface area contributed by atoms with Crippen LogP contribution in [0.5, 0.6) is 28.7 Å². The number of aliphatic hydroxyl groups is 1. The van der Waals surface area contributed by atoms with Crippen molar-refractivity contribution in [3.63, 3.8) is 0 Å². The van der Waals surface area contributed by atoms with E-state index in [1.807, 2.05) is 78.9 Å². The van der Waals surface area contributed by atoms with Gasteiger partial charge in [0.1, 0.15) is 29.3 Å². The van der Waals surface area contributed by atoms with E-state index < -0.39 is 59.9 Å². The minimum atomic E-state index is -1.69. The number of aromatic nitrogens is 2. The number of aliphatic hydroxyl groups excluding tert-OH is 1. The van der Waals surface area contributed by atoms with Crippen molar-refractivity contribution in [2.75, 3.05) is 47.3 Å². The molecule has 1 aliphatic heterocycles. The molecular formula is C94H146N2O14. The van der Waals surface area contributed by atoms with Crippen LogP contribution in [0, 0.1) is 6.92 Å². The minimum absolute atomic E-state index is 0.106. The van der Waals surface area contributed by atoms with E-state index in [0.717, 1.165) is 67.9 Å². The number of hydrogen-bond donors (Lipinski definition) is 2. The van der Waals surface area contributed by atoms with Crippen LogP contribution in [0.1, 0.15) is 368 Å². The standard InChI is InChI=1S/C94H146N2O14/c1-7-10-13-16-19-22-25-28-31-34-37-40-43-46-49-55-68-104-83-71-77(72-84(105-69-56-50-47-44-41-38-35-32-29-26-23-20-17-14-11-8-2)88(83)106-70-57-51-48-45-42-39-36-33-30-27-24-21-18-15-12-9-3)92(100)107-75-86(97)110-89-85(109-91(87(89)98)96-73-76(4)90(99)95-93(96)101)74-108-94(78-58-53-52-54-59-78,79-60-64-81(102-5)65-61-79)80-62-66-82(103-6)67-63-80/h52-54,58-67,71-73,85,87,89,91,98H,7-51,55-57,68-70,74-75H2,1-6H3,(H,95,99,101)/t85-,87-,89-,91-/m1/s1. The maximum atomic E-state index is 14.6. The average molecular weight is 1530 g/mol. The van der Waals surface area contributed by atoms with Crippen molar-refractivity contribution in [3.05, 3.63) is 146 Å². The highest BCUT2D eigenvalue weighted by Crippen LogP contribution is 2.44. The smallest absolute Gasteiger partial charge is 0.344 e. The van der Waals surface area contributed by atoms with Crippen LogP contribution < -0.4 is 34.9 Å². The van der Waals surface area contributed by atoms with E-state index in [1.54, 1.807) is 26.4 Å². The van der Waals surface area contributed by atoms with E-state index in [2.05, 4.69) is 25.8 Å². The SMILES string of the molecule is CCCCCCCCCCCCCCCCCCOc1cc(C(=O)OCC(=O)O[C@H]2[C@@H](O)[C@H](n3cc(C)c(=O)[nH]c3=O)O[C@@H]2COC(c2ccccc2)(c2ccc(OC)cc2)c2ccc(OC)cc2)cc(OCCCCCCCCCCCCCCCCCC)c1OCCCCCCCCCCCCCCCCCC. The summed E-state index contributed by atoms with van der Waals surface area (Å²) in [5.41, 5.74) is -0.392. The number of carbonyl (C=O) groups excluding carboxylic acids is 2. The first-order valence-corrected chi connectivity index (χ1v) is 44.0. The number of H-pyrrole nitrogens is 1. The van der Waals surface area contributed by atoms with Gasteiger partial charge in [0.15, 0.2) is 30.4 Å². The van der Waals surface area contributed by atoms with Crippen molar-refractivity contribution < 1.29 is 57.3 Å². The Kier molecular flexibility index (Phi) is 48.1. The van der Waals surface area contributed by atoms with Gasteiger partial charge < -0.3 is 47.7 Å². The second-order valence-corrected chi connectivity index (χ2v) is 31.1. The van der Waals surface area contributed by atoms with Crippen LogP contribution in [0.3, 0.4) is 0 Å². The number of rotatable bonds is 67. The summed E-state index contributed by atoms with van der Waals surface area (Å²) in [5, 5.41) is 12.3. The Morgan fingerprint density at radius 2 is 0.809 bits per heavy atom. The van der Waals surface area contributed by atoms with Gasteiger partial charge in [0.25, 0.3) is 5.56 Å². The number of esters is 2. The molecule has 0 spiro atoms. The van der Waals surface area contributed by atoms with Crippen LogP contribution in [0.4, 0.5) is 0 Å². The van der Waals surface area contributed by atoms with Crippen molar-refractivity contribution in [3.8, 4) is 28.7 Å². The molecule has 0 saturated carbocycles. The van der Waals surface area contributed by atoms with Gasteiger partial charge in [0.05, 0.1) is 46.2 Å². The first kappa shape index (κ1) is 92.3. The third-order valence-corrected chi connectivity index (χ3v) is 22.0. The second-order valence-electron chi connectivity index (χ2n) is 31.1. The number of aryl methyl sites for hydroxylation is 1. The summed E-state index contributed by atoms with van der Waals surface area (Å²) in [6.07, 6.45) is 56.0. The molecule has 4 aromatic carbocycles. The summed E-state index contributed by atoms with van der Waals surface area (Å²) >= 11 is 0. The Morgan fingerprint density at radius 3 is 1.17 bits per heavy atom. The van der Waals surface area contributed by atoms with Crippen LogP contribution in [-0.2, 0) is 29.3 Å². The summed E-state index contributed by atoms with van der Waals surface area (Å²) in [5.74, 6) is 0.635. The Balaban J connectivity index is 1.17. The van der Waals surface area contributed by atoms with E-state index >= 15 is 0 Å². The summed E-state index contributed by atoms with van der Waals surface area (Å²) in [6, 6.07) is 27.8. The molecule has 2 heterocycles. The van der Waals surface area contributed by atoms with Crippen LogP contribution >= 0.6 is 0 Å². The molecule has 1 aliphatic rings. The lowest BCUT2D eigenvalue weighted by molar-refractivity contribution is -0.162. The van der Waals surface area contributed by atoms with Crippen molar-refractivity contribution in [1.82, 2.24) is 9.55 Å². The molecule has 4 atom stereocenters. The summed E-state index contributed by atoms with van der Waals surface area (Å²) in [6.45, 7) is 8.45. The van der Waals surface area contributed by atoms with Gasteiger partial charge in [-0.1, -0.05) is 364 Å². The van der Waals surface area contributed by atoms with Gasteiger partial charge >= 0.3 is 17.6 Å². The van der Waals surface area contributed by atoms with Crippen LogP contribution in [0.15, 0.2) is 107 Å². The molecule has 616 valence electrons. The molecule has 0 aliphatic carbocycles. The normalized spacial score (nSPS) is 14.9. The van der Waals surface area contributed by atoms with Crippen LogP contribution in [0.25, 0.3) is 0 Å². The monoisotopic (exact) mass is 1530 g/mol. The molecule has 16 nitrogen and oxygen atoms in total. The van der Waals surface area contributed by atoms with Gasteiger partial charge in [-0.25, -0.2) is 14.4 Å². The number of nitrogens with zero attached hydrogens (tertiary/aromatic N) is 1. The molecule has 1 aromatic heterocycles. The van der Waals surface area contributed by atoms with Crippen LogP contribution in [-0.4, -0.2) is 92.2 Å². The maximum Gasteiger partial charge on any atom is 0.344 e. The molecule has 0 bridgehead atoms. The van der Waals surface area contributed by atoms with Crippen molar-refractivity contribution in [2.24, 2.45) is 0 Å². The molecule has 1 fully saturated rings. The van der Waals surface area contributed by atoms with E-state index in [-0.39, 0.29) is 17.7 Å². The maximum absolute atomic E-state index is 14.6. The number of aromatic amines is 1. The van der Waals surface area contributed by atoms with Gasteiger partial charge in [-0.15, -0.1) is 0 Å². The lowest BCUT2D eigenvalue weighted by atomic mass is 9.80. The average Bonchev–Trinajstić information content (AvgIpc) is 0.827. The predicted molar refractivity (Wildman–Crippen MR) is 446 cm³/mol. The lowest BCUT2D eigenvalue weighted by Crippen LogP contribution is -2.43. The Hall–Kier alpha value is -6.62. The Bertz CT molecular complexity index is 3190. The van der Waals surface area contributed by atoms with E-state index in [9.17, 15) is 24.3 Å². The minimum Gasteiger partial charge on any atom is -0.497 e. The zero-order valence-corrected chi connectivity index (χ0v) is 69.2. The quantitative estimate of drug-likeness (QED) is 0.0212. The first-order chi connectivity index (χ1) is 54.0. The number of nitrogens with one attached hydrogen (secondary N) is 1. The van der Waals surface area contributed by atoms with Gasteiger partial charge in [-0.3, -0.25) is 14.3 Å². The second kappa shape index (κ2) is 57.4. The molecular weight excluding hydrogens is 1380 g/mol. The van der Waals surface area contributed by atoms with Gasteiger partial charge in [-0.2, -0.15) is 0 Å². The van der Waals surface area contributed by atoms with Crippen molar-refractivity contribution >= 4 is 11.9 Å². The van der Waals surface area contributed by atoms with E-state index in [4.69, 9.17) is 42.6 Å². The van der Waals surface area contributed by atoms with Gasteiger partial charge in [0.2, 0.25) is 5.75 Å². The molecule has 5 aromatic rings. The number of unbranched alkanes of at least 4 members (excludes halogenated alkanes) is 45. The Morgan fingerprint density at radius 1 is 0.464 bits per heavy atom. The zero-order valence-electron chi connectivity index (χ0n) is 69.2. The Labute approximate surface area is 663 Å². The molecule has 16 heteroatoms. The van der Waals surface area contributed by atoms with Gasteiger partial charge in [-0.05, 0) is 79.3 Å². The summed E-state index contributed by atoms with van der Waals surface area (Å²) in [7, 11) is 3.18. The number of ether oxygens (including phenoxy) is 9. The fourth-order valence-electron chi connectivity index (χ4n) is 15.2. The highest BCUT2D eigenvalue weighted by Gasteiger charge is 2.50. The van der Waals surface area contributed by atoms with E-state index in [1.165, 1.54) is 264 Å². The van der Waals surface area contributed by atoms with Crippen molar-refractivity contribution in [1.29, 1.82) is 0 Å². The third-order valence-electron chi connectivity index (χ3n) is 22.0. The molecule has 6 rings (SSSR count). The number of benzene rings is 4. The first-order valence-electron chi connectivity index (χ1n) is 44.0. The predicted octanol–water partition coefficient (Wildman–Crippen LogP) is 23.8. The summed E-state index contributed by atoms with van der Waals surface area (Å²) < 4.78 is 58.0. The lowest BCUT2D eigenvalue weighted by Gasteiger charge is -2.37. The molecule has 2 N–H and O–H groups in total. The molecule has 1 saturated heterocycles. The highest BCUT2D eigenvalue weighted by molar-refractivity contribution is 5.92. The summed E-state index contributed by atoms with van der Waals surface area (Å²) in [4.78, 5) is 57.5. The molecule has 0 radical (unpaired) electrons. The number of hydrogen-bond acceptors (Lipinski definition) is 14. The molecule has 0 unspecified atom stereocenters. The van der Waals surface area contributed by atoms with Gasteiger partial charge in [0, 0.05) is 11.8 Å².